The van der Waals surface area contributed by atoms with Crippen LogP contribution < -0.4 is 15.4 Å². The van der Waals surface area contributed by atoms with Gasteiger partial charge in [-0.25, -0.2) is 0 Å². The van der Waals surface area contributed by atoms with Gasteiger partial charge in [-0.05, 0) is 31.9 Å². The van der Waals surface area contributed by atoms with Crippen molar-refractivity contribution in [3.8, 4) is 5.75 Å². The molecule has 0 spiro atoms. The summed E-state index contributed by atoms with van der Waals surface area (Å²) in [5.74, 6) is 1.46. The summed E-state index contributed by atoms with van der Waals surface area (Å²) in [6, 6.07) is 6.01. The van der Waals surface area contributed by atoms with Gasteiger partial charge in [0.05, 0.1) is 18.0 Å². The van der Waals surface area contributed by atoms with Crippen molar-refractivity contribution >= 4 is 11.4 Å². The predicted molar refractivity (Wildman–Crippen MR) is 79.4 cm³/mol. The van der Waals surface area contributed by atoms with E-state index in [9.17, 15) is 0 Å². The highest BCUT2D eigenvalue weighted by molar-refractivity contribution is 5.74. The molecule has 0 radical (unpaired) electrons. The summed E-state index contributed by atoms with van der Waals surface area (Å²) >= 11 is 0. The van der Waals surface area contributed by atoms with Crippen LogP contribution in [0, 0.1) is 5.92 Å². The highest BCUT2D eigenvalue weighted by atomic mass is 16.5. The molecule has 18 heavy (non-hydrogen) atoms. The Labute approximate surface area is 111 Å². The number of hydrogen-bond acceptors (Lipinski definition) is 3. The van der Waals surface area contributed by atoms with Gasteiger partial charge in [-0.3, -0.25) is 0 Å². The molecule has 0 aliphatic rings. The van der Waals surface area contributed by atoms with Crippen molar-refractivity contribution in [2.75, 3.05) is 30.3 Å². The summed E-state index contributed by atoms with van der Waals surface area (Å²) in [6.45, 7) is 11.3. The van der Waals surface area contributed by atoms with Gasteiger partial charge in [0.1, 0.15) is 5.75 Å². The minimum absolute atomic E-state index is 0.644. The minimum Gasteiger partial charge on any atom is -0.492 e. The van der Waals surface area contributed by atoms with Crippen LogP contribution in [0.1, 0.15) is 34.1 Å². The molecule has 1 aromatic rings. The van der Waals surface area contributed by atoms with Crippen LogP contribution >= 0.6 is 0 Å². The van der Waals surface area contributed by atoms with Gasteiger partial charge in [0.15, 0.2) is 0 Å². The molecule has 1 atom stereocenters. The summed E-state index contributed by atoms with van der Waals surface area (Å²) < 4.78 is 5.55. The Kier molecular flexibility index (Phi) is 5.83. The van der Waals surface area contributed by atoms with Crippen molar-refractivity contribution in [2.45, 2.75) is 34.1 Å². The molecule has 3 heteroatoms. The van der Waals surface area contributed by atoms with E-state index in [4.69, 9.17) is 10.5 Å². The Balaban J connectivity index is 2.94. The fraction of sp³-hybridized carbons (Fsp3) is 0.600. The fourth-order valence-corrected chi connectivity index (χ4v) is 1.99. The SMILES string of the molecule is CCOc1cccc(N(CC)CC(C)CC)c1N. The lowest BCUT2D eigenvalue weighted by Crippen LogP contribution is -2.28. The van der Waals surface area contributed by atoms with Crippen molar-refractivity contribution in [1.82, 2.24) is 0 Å². The Hall–Kier alpha value is -1.38. The first-order chi connectivity index (χ1) is 8.63. The maximum Gasteiger partial charge on any atom is 0.144 e. The maximum atomic E-state index is 6.20. The second-order valence-electron chi connectivity index (χ2n) is 4.67. The zero-order valence-corrected chi connectivity index (χ0v) is 12.1. The first kappa shape index (κ1) is 14.7. The number of benzene rings is 1. The van der Waals surface area contributed by atoms with Crippen LogP contribution in [-0.2, 0) is 0 Å². The molecule has 2 N–H and O–H groups in total. The molecule has 0 aliphatic heterocycles. The second kappa shape index (κ2) is 7.14. The molecule has 0 aromatic heterocycles. The van der Waals surface area contributed by atoms with Gasteiger partial charge in [-0.15, -0.1) is 0 Å². The first-order valence-electron chi connectivity index (χ1n) is 6.90. The largest absolute Gasteiger partial charge is 0.492 e. The van der Waals surface area contributed by atoms with E-state index >= 15 is 0 Å². The predicted octanol–water partition coefficient (Wildman–Crippen LogP) is 3.54. The highest BCUT2D eigenvalue weighted by Crippen LogP contribution is 2.32. The van der Waals surface area contributed by atoms with Crippen LogP contribution in [0.5, 0.6) is 5.75 Å². The van der Waals surface area contributed by atoms with Crippen molar-refractivity contribution < 1.29 is 4.74 Å². The summed E-state index contributed by atoms with van der Waals surface area (Å²) in [5, 5.41) is 0. The topological polar surface area (TPSA) is 38.5 Å². The number of nitrogens with zero attached hydrogens (tertiary/aromatic N) is 1. The summed E-state index contributed by atoms with van der Waals surface area (Å²) in [7, 11) is 0. The van der Waals surface area contributed by atoms with Crippen molar-refractivity contribution in [3.63, 3.8) is 0 Å². The molecule has 1 unspecified atom stereocenters. The lowest BCUT2D eigenvalue weighted by Gasteiger charge is -2.28. The third-order valence-corrected chi connectivity index (χ3v) is 3.29. The van der Waals surface area contributed by atoms with E-state index in [1.54, 1.807) is 0 Å². The normalized spacial score (nSPS) is 12.2. The molecule has 0 heterocycles. The van der Waals surface area contributed by atoms with Crippen LogP contribution in [-0.4, -0.2) is 19.7 Å². The Morgan fingerprint density at radius 2 is 2.00 bits per heavy atom. The van der Waals surface area contributed by atoms with E-state index in [2.05, 4.69) is 31.7 Å². The van der Waals surface area contributed by atoms with Crippen LogP contribution in [0.2, 0.25) is 0 Å². The fourth-order valence-electron chi connectivity index (χ4n) is 1.99. The average molecular weight is 250 g/mol. The number of nitrogens with two attached hydrogens (primary N) is 1. The zero-order chi connectivity index (χ0) is 13.5. The molecule has 0 fully saturated rings. The van der Waals surface area contributed by atoms with Gasteiger partial charge in [0.25, 0.3) is 0 Å². The van der Waals surface area contributed by atoms with Crippen molar-refractivity contribution in [2.24, 2.45) is 5.92 Å². The molecule has 0 aliphatic carbocycles. The molecule has 1 aromatic carbocycles. The second-order valence-corrected chi connectivity index (χ2v) is 4.67. The molecule has 0 amide bonds. The molecule has 3 nitrogen and oxygen atoms in total. The van der Waals surface area contributed by atoms with Gasteiger partial charge < -0.3 is 15.4 Å². The van der Waals surface area contributed by atoms with E-state index in [0.29, 0.717) is 12.5 Å². The maximum absolute atomic E-state index is 6.20. The smallest absolute Gasteiger partial charge is 0.144 e. The molecule has 1 rings (SSSR count). The number of para-hydroxylation sites is 1. The monoisotopic (exact) mass is 250 g/mol. The Morgan fingerprint density at radius 1 is 1.28 bits per heavy atom. The molecule has 0 saturated heterocycles. The summed E-state index contributed by atoms with van der Waals surface area (Å²) in [6.07, 6.45) is 1.18. The van der Waals surface area contributed by atoms with E-state index in [1.807, 2.05) is 19.1 Å². The molecule has 102 valence electrons. The van der Waals surface area contributed by atoms with Gasteiger partial charge in [-0.1, -0.05) is 26.3 Å². The third-order valence-electron chi connectivity index (χ3n) is 3.29. The number of ether oxygens (including phenoxy) is 1. The number of nitrogen functional groups attached to an aromatic ring is 1. The third kappa shape index (κ3) is 3.56. The minimum atomic E-state index is 0.644. The van der Waals surface area contributed by atoms with Crippen molar-refractivity contribution in [1.29, 1.82) is 0 Å². The number of rotatable bonds is 7. The van der Waals surface area contributed by atoms with E-state index in [0.717, 1.165) is 30.2 Å². The van der Waals surface area contributed by atoms with Gasteiger partial charge in [-0.2, -0.15) is 0 Å². The number of anilines is 2. The quantitative estimate of drug-likeness (QED) is 0.752. The first-order valence-corrected chi connectivity index (χ1v) is 6.90. The lowest BCUT2D eigenvalue weighted by atomic mass is 10.1. The zero-order valence-electron chi connectivity index (χ0n) is 12.1. The Morgan fingerprint density at radius 3 is 2.56 bits per heavy atom. The summed E-state index contributed by atoms with van der Waals surface area (Å²) in [4.78, 5) is 2.33. The Bertz CT molecular complexity index is 366. The van der Waals surface area contributed by atoms with Crippen LogP contribution in [0.25, 0.3) is 0 Å². The van der Waals surface area contributed by atoms with E-state index in [1.165, 1.54) is 6.42 Å². The standard InChI is InChI=1S/C15H26N2O/c1-5-12(4)11-17(6-2)13-9-8-10-14(15(13)16)18-7-3/h8-10,12H,5-7,11,16H2,1-4H3. The van der Waals surface area contributed by atoms with Gasteiger partial charge in [0.2, 0.25) is 0 Å². The average Bonchev–Trinajstić information content (AvgIpc) is 2.38. The number of hydrogen-bond donors (Lipinski definition) is 1. The van der Waals surface area contributed by atoms with E-state index < -0.39 is 0 Å². The lowest BCUT2D eigenvalue weighted by molar-refractivity contribution is 0.342. The molecular formula is C15H26N2O. The van der Waals surface area contributed by atoms with Crippen LogP contribution in [0.4, 0.5) is 11.4 Å². The summed E-state index contributed by atoms with van der Waals surface area (Å²) in [5.41, 5.74) is 8.04. The van der Waals surface area contributed by atoms with Crippen LogP contribution in [0.15, 0.2) is 18.2 Å². The van der Waals surface area contributed by atoms with Gasteiger partial charge >= 0.3 is 0 Å². The van der Waals surface area contributed by atoms with Crippen molar-refractivity contribution in [3.05, 3.63) is 18.2 Å². The van der Waals surface area contributed by atoms with Crippen LogP contribution in [0.3, 0.4) is 0 Å². The molecule has 0 saturated carbocycles. The molecular weight excluding hydrogens is 224 g/mol. The van der Waals surface area contributed by atoms with Gasteiger partial charge in [0, 0.05) is 13.1 Å². The van der Waals surface area contributed by atoms with E-state index in [-0.39, 0.29) is 0 Å². The highest BCUT2D eigenvalue weighted by Gasteiger charge is 2.13. The molecule has 0 bridgehead atoms.